The van der Waals surface area contributed by atoms with Gasteiger partial charge in [-0.1, -0.05) is 12.1 Å². The molecule has 1 rings (SSSR count). The molecule has 0 aromatic heterocycles. The molecule has 2 N–H and O–H groups in total. The number of hydrogen-bond acceptors (Lipinski definition) is 2. The highest BCUT2D eigenvalue weighted by atomic mass is 79.9. The van der Waals surface area contributed by atoms with Gasteiger partial charge in [0.1, 0.15) is 5.75 Å². The summed E-state index contributed by atoms with van der Waals surface area (Å²) in [7, 11) is 1.50. The SMILES string of the molecule is Br.COc1ccccc1C(N)=O. The summed E-state index contributed by atoms with van der Waals surface area (Å²) in [6, 6.07) is 6.84. The van der Waals surface area contributed by atoms with Gasteiger partial charge < -0.3 is 10.5 Å². The lowest BCUT2D eigenvalue weighted by Crippen LogP contribution is -2.11. The second kappa shape index (κ2) is 4.77. The second-order valence-electron chi connectivity index (χ2n) is 2.06. The molecule has 0 aliphatic heterocycles. The molecule has 0 heterocycles. The summed E-state index contributed by atoms with van der Waals surface area (Å²) in [4.78, 5) is 10.7. The minimum absolute atomic E-state index is 0. The van der Waals surface area contributed by atoms with E-state index in [4.69, 9.17) is 10.5 Å². The van der Waals surface area contributed by atoms with E-state index in [1.165, 1.54) is 7.11 Å². The normalized spacial score (nSPS) is 8.42. The quantitative estimate of drug-likeness (QED) is 0.837. The Hall–Kier alpha value is -1.03. The number of amides is 1. The Morgan fingerprint density at radius 3 is 2.42 bits per heavy atom. The molecular formula is C8H10BrNO2. The van der Waals surface area contributed by atoms with Gasteiger partial charge in [0.2, 0.25) is 0 Å². The molecule has 0 unspecified atom stereocenters. The maximum Gasteiger partial charge on any atom is 0.252 e. The first-order chi connectivity index (χ1) is 5.25. The van der Waals surface area contributed by atoms with Crippen LogP contribution in [-0.4, -0.2) is 13.0 Å². The summed E-state index contributed by atoms with van der Waals surface area (Å²) in [5, 5.41) is 0. The molecule has 0 atom stereocenters. The number of ether oxygens (including phenoxy) is 1. The molecule has 0 spiro atoms. The summed E-state index contributed by atoms with van der Waals surface area (Å²) in [6.07, 6.45) is 0. The van der Waals surface area contributed by atoms with Gasteiger partial charge in [-0.25, -0.2) is 0 Å². The van der Waals surface area contributed by atoms with Crippen LogP contribution in [0.3, 0.4) is 0 Å². The van der Waals surface area contributed by atoms with Gasteiger partial charge in [0.25, 0.3) is 5.91 Å². The molecule has 66 valence electrons. The van der Waals surface area contributed by atoms with Crippen molar-refractivity contribution < 1.29 is 9.53 Å². The van der Waals surface area contributed by atoms with Gasteiger partial charge in [0, 0.05) is 0 Å². The van der Waals surface area contributed by atoms with Crippen LogP contribution in [0.1, 0.15) is 10.4 Å². The third-order valence-corrected chi connectivity index (χ3v) is 1.37. The fraction of sp³-hybridized carbons (Fsp3) is 0.125. The summed E-state index contributed by atoms with van der Waals surface area (Å²) >= 11 is 0. The number of para-hydroxylation sites is 1. The third-order valence-electron chi connectivity index (χ3n) is 1.37. The number of hydrogen-bond donors (Lipinski definition) is 1. The molecule has 0 bridgehead atoms. The van der Waals surface area contributed by atoms with Crippen LogP contribution in [0.4, 0.5) is 0 Å². The van der Waals surface area contributed by atoms with Crippen LogP contribution in [0.5, 0.6) is 5.75 Å². The number of nitrogens with two attached hydrogens (primary N) is 1. The molecule has 1 aromatic carbocycles. The maximum atomic E-state index is 10.7. The van der Waals surface area contributed by atoms with Crippen molar-refractivity contribution in [3.63, 3.8) is 0 Å². The van der Waals surface area contributed by atoms with E-state index in [9.17, 15) is 4.79 Å². The highest BCUT2D eigenvalue weighted by Gasteiger charge is 2.05. The molecule has 1 amide bonds. The zero-order valence-corrected chi connectivity index (χ0v) is 8.32. The number of halogens is 1. The topological polar surface area (TPSA) is 52.3 Å². The van der Waals surface area contributed by atoms with Crippen molar-refractivity contribution >= 4 is 22.9 Å². The predicted octanol–water partition coefficient (Wildman–Crippen LogP) is 1.37. The van der Waals surface area contributed by atoms with Crippen molar-refractivity contribution in [3.05, 3.63) is 29.8 Å². The van der Waals surface area contributed by atoms with Crippen molar-refractivity contribution in [1.29, 1.82) is 0 Å². The standard InChI is InChI=1S/C8H9NO2.BrH/c1-11-7-5-3-2-4-6(7)8(9)10;/h2-5H,1H3,(H2,9,10);1H. The van der Waals surface area contributed by atoms with Gasteiger partial charge in [0.15, 0.2) is 0 Å². The first-order valence-corrected chi connectivity index (χ1v) is 3.18. The number of benzene rings is 1. The van der Waals surface area contributed by atoms with Gasteiger partial charge >= 0.3 is 0 Å². The lowest BCUT2D eigenvalue weighted by Gasteiger charge is -2.02. The van der Waals surface area contributed by atoms with Crippen LogP contribution in [0.2, 0.25) is 0 Å². The first kappa shape index (κ1) is 11.0. The van der Waals surface area contributed by atoms with E-state index >= 15 is 0 Å². The van der Waals surface area contributed by atoms with Crippen molar-refractivity contribution in [3.8, 4) is 5.75 Å². The monoisotopic (exact) mass is 231 g/mol. The fourth-order valence-corrected chi connectivity index (χ4v) is 0.848. The van der Waals surface area contributed by atoms with Crippen molar-refractivity contribution in [2.75, 3.05) is 7.11 Å². The smallest absolute Gasteiger partial charge is 0.252 e. The van der Waals surface area contributed by atoms with Crippen LogP contribution in [-0.2, 0) is 0 Å². The van der Waals surface area contributed by atoms with Crippen molar-refractivity contribution in [2.45, 2.75) is 0 Å². The molecule has 0 fully saturated rings. The Morgan fingerprint density at radius 1 is 1.42 bits per heavy atom. The van der Waals surface area contributed by atoms with Gasteiger partial charge in [-0.15, -0.1) is 17.0 Å². The molecule has 0 radical (unpaired) electrons. The highest BCUT2D eigenvalue weighted by molar-refractivity contribution is 8.93. The van der Waals surface area contributed by atoms with Crippen molar-refractivity contribution in [2.24, 2.45) is 5.73 Å². The van der Waals surface area contributed by atoms with E-state index in [1.54, 1.807) is 24.3 Å². The molecule has 0 aliphatic carbocycles. The Morgan fingerprint density at radius 2 is 2.00 bits per heavy atom. The minimum atomic E-state index is -0.470. The molecular weight excluding hydrogens is 222 g/mol. The molecule has 12 heavy (non-hydrogen) atoms. The summed E-state index contributed by atoms with van der Waals surface area (Å²) < 4.78 is 4.91. The molecule has 0 saturated carbocycles. The van der Waals surface area contributed by atoms with Crippen LogP contribution in [0.15, 0.2) is 24.3 Å². The fourth-order valence-electron chi connectivity index (χ4n) is 0.848. The number of carbonyl (C=O) groups excluding carboxylic acids is 1. The third kappa shape index (κ3) is 2.23. The summed E-state index contributed by atoms with van der Waals surface area (Å²) in [6.45, 7) is 0. The molecule has 3 nitrogen and oxygen atoms in total. The van der Waals surface area contributed by atoms with Crippen LogP contribution in [0, 0.1) is 0 Å². The summed E-state index contributed by atoms with van der Waals surface area (Å²) in [5.41, 5.74) is 5.48. The van der Waals surface area contributed by atoms with E-state index in [2.05, 4.69) is 0 Å². The molecule has 1 aromatic rings. The Kier molecular flexibility index (Phi) is 4.36. The number of methoxy groups -OCH3 is 1. The zero-order chi connectivity index (χ0) is 8.27. The van der Waals surface area contributed by atoms with E-state index in [1.807, 2.05) is 0 Å². The van der Waals surface area contributed by atoms with Crippen LogP contribution < -0.4 is 10.5 Å². The Bertz CT molecular complexity index is 276. The average molecular weight is 232 g/mol. The number of rotatable bonds is 2. The molecule has 4 heteroatoms. The largest absolute Gasteiger partial charge is 0.496 e. The minimum Gasteiger partial charge on any atom is -0.496 e. The van der Waals surface area contributed by atoms with E-state index < -0.39 is 5.91 Å². The van der Waals surface area contributed by atoms with Crippen molar-refractivity contribution in [1.82, 2.24) is 0 Å². The zero-order valence-electron chi connectivity index (χ0n) is 6.61. The van der Waals surface area contributed by atoms with Gasteiger partial charge in [-0.3, -0.25) is 4.79 Å². The number of carbonyl (C=O) groups is 1. The number of primary amides is 1. The van der Waals surface area contributed by atoms with Crippen LogP contribution >= 0.6 is 17.0 Å². The maximum absolute atomic E-state index is 10.7. The van der Waals surface area contributed by atoms with Gasteiger partial charge in [-0.05, 0) is 12.1 Å². The Labute approximate surface area is 81.3 Å². The average Bonchev–Trinajstić information content (AvgIpc) is 2.04. The van der Waals surface area contributed by atoms with Gasteiger partial charge in [-0.2, -0.15) is 0 Å². The van der Waals surface area contributed by atoms with E-state index in [0.717, 1.165) is 0 Å². The van der Waals surface area contributed by atoms with Gasteiger partial charge in [0.05, 0.1) is 12.7 Å². The highest BCUT2D eigenvalue weighted by Crippen LogP contribution is 2.15. The Balaban J connectivity index is 0.00000121. The van der Waals surface area contributed by atoms with E-state index in [-0.39, 0.29) is 17.0 Å². The first-order valence-electron chi connectivity index (χ1n) is 3.18. The summed E-state index contributed by atoms with van der Waals surface area (Å²) in [5.74, 6) is 0.0439. The predicted molar refractivity (Wildman–Crippen MR) is 51.8 cm³/mol. The van der Waals surface area contributed by atoms with E-state index in [0.29, 0.717) is 11.3 Å². The van der Waals surface area contributed by atoms with Crippen LogP contribution in [0.25, 0.3) is 0 Å². The molecule has 0 saturated heterocycles. The lowest BCUT2D eigenvalue weighted by atomic mass is 10.2. The lowest BCUT2D eigenvalue weighted by molar-refractivity contribution is 0.0997. The molecule has 0 aliphatic rings. The second-order valence-corrected chi connectivity index (χ2v) is 2.06.